The van der Waals surface area contributed by atoms with Crippen LogP contribution in [0.1, 0.15) is 11.1 Å². The van der Waals surface area contributed by atoms with Crippen molar-refractivity contribution in [3.63, 3.8) is 0 Å². The number of hydrogen-bond donors (Lipinski definition) is 1. The molecule has 0 bridgehead atoms. The van der Waals surface area contributed by atoms with E-state index in [1.165, 1.54) is 12.1 Å². The Morgan fingerprint density at radius 1 is 0.744 bits per heavy atom. The molecule has 2 aromatic rings. The fraction of sp³-hybridized carbons (Fsp3) is 0.381. The maximum atomic E-state index is 14.4. The van der Waals surface area contributed by atoms with E-state index in [-0.39, 0.29) is 17.9 Å². The molecule has 0 aliphatic rings. The zero-order valence-electron chi connectivity index (χ0n) is 18.9. The Labute approximate surface area is 209 Å². The number of aryl methyl sites for hydroxylation is 1. The number of halogens is 13. The molecule has 0 spiro atoms. The molecule has 0 saturated heterocycles. The molecular formula is C21H14F13NO4. The zero-order chi connectivity index (χ0) is 30.1. The van der Waals surface area contributed by atoms with Crippen molar-refractivity contribution in [1.29, 1.82) is 0 Å². The lowest BCUT2D eigenvalue weighted by Gasteiger charge is -2.35. The van der Waals surface area contributed by atoms with Crippen LogP contribution in [0.15, 0.2) is 48.5 Å². The minimum Gasteiger partial charge on any atom is -0.484 e. The van der Waals surface area contributed by atoms with E-state index in [1.807, 2.05) is 10.1 Å². The van der Waals surface area contributed by atoms with Crippen molar-refractivity contribution >= 4 is 11.6 Å². The van der Waals surface area contributed by atoms with E-state index in [4.69, 9.17) is 4.74 Å². The van der Waals surface area contributed by atoms with Gasteiger partial charge in [0.15, 0.2) is 6.61 Å². The molecule has 0 heterocycles. The zero-order valence-corrected chi connectivity index (χ0v) is 18.9. The lowest BCUT2D eigenvalue weighted by Crippen LogP contribution is -2.61. The lowest BCUT2D eigenvalue weighted by molar-refractivity contribution is -0.535. The molecule has 0 saturated carbocycles. The smallest absolute Gasteiger partial charge is 0.484 e. The van der Waals surface area contributed by atoms with Gasteiger partial charge >= 0.3 is 36.5 Å². The number of ether oxygens (including phenoxy) is 3. The van der Waals surface area contributed by atoms with E-state index in [0.29, 0.717) is 6.07 Å². The Morgan fingerprint density at radius 3 is 1.87 bits per heavy atom. The largest absolute Gasteiger partial charge is 0.527 e. The first-order chi connectivity index (χ1) is 17.5. The van der Waals surface area contributed by atoms with Crippen molar-refractivity contribution in [1.82, 2.24) is 0 Å². The highest BCUT2D eigenvalue weighted by molar-refractivity contribution is 5.92. The van der Waals surface area contributed by atoms with Crippen LogP contribution < -0.4 is 10.1 Å². The summed E-state index contributed by atoms with van der Waals surface area (Å²) in [5, 5.41) is 1.93. The second kappa shape index (κ2) is 10.7. The van der Waals surface area contributed by atoms with Crippen LogP contribution in [0, 0.1) is 6.92 Å². The first kappa shape index (κ1) is 31.9. The maximum Gasteiger partial charge on any atom is 0.527 e. The van der Waals surface area contributed by atoms with Gasteiger partial charge in [-0.3, -0.25) is 4.79 Å². The average Bonchev–Trinajstić information content (AvgIpc) is 2.75. The molecule has 39 heavy (non-hydrogen) atoms. The monoisotopic (exact) mass is 591 g/mol. The van der Waals surface area contributed by atoms with Crippen LogP contribution in [0.3, 0.4) is 0 Å². The third-order valence-corrected chi connectivity index (χ3v) is 4.47. The summed E-state index contributed by atoms with van der Waals surface area (Å²) >= 11 is 0. The van der Waals surface area contributed by atoms with Crippen molar-refractivity contribution in [3.8, 4) is 5.75 Å². The first-order valence-electron chi connectivity index (χ1n) is 9.97. The predicted molar refractivity (Wildman–Crippen MR) is 104 cm³/mol. The SMILES string of the molecule is Cc1cccc(OCC(=O)Nc2cccc(C(F)(F)C(F)(F)OC(F)(F)C(F)(F)C(F)(F)OC(F)(F)F)c2)c1. The summed E-state index contributed by atoms with van der Waals surface area (Å²) < 4.78 is 181. The number of rotatable bonds is 11. The number of alkyl halides is 13. The minimum absolute atomic E-state index is 0.0689. The topological polar surface area (TPSA) is 56.8 Å². The number of carbonyl (C=O) groups excluding carboxylic acids is 1. The second-order valence-electron chi connectivity index (χ2n) is 7.58. The quantitative estimate of drug-likeness (QED) is 0.284. The van der Waals surface area contributed by atoms with Crippen LogP contribution in [-0.2, 0) is 20.2 Å². The van der Waals surface area contributed by atoms with Gasteiger partial charge in [-0.05, 0) is 36.8 Å². The standard InChI is InChI=1S/C21H14F13NO4/c1-11-4-2-7-14(8-11)37-10-15(36)35-13-6-3-5-12(9-13)16(22,23)18(26,27)38-19(28,29)17(24,25)20(30,31)39-21(32,33)34/h2-9H,10H2,1H3,(H,35,36). The summed E-state index contributed by atoms with van der Waals surface area (Å²) in [6.45, 7) is 0.968. The van der Waals surface area contributed by atoms with Gasteiger partial charge in [0.05, 0.1) is 0 Å². The number of benzene rings is 2. The molecule has 0 unspecified atom stereocenters. The van der Waals surface area contributed by atoms with Gasteiger partial charge in [0.25, 0.3) is 5.91 Å². The average molecular weight is 591 g/mol. The fourth-order valence-corrected chi connectivity index (χ4v) is 2.68. The molecule has 218 valence electrons. The maximum absolute atomic E-state index is 14.4. The number of nitrogens with one attached hydrogen (secondary N) is 1. The Hall–Kier alpha value is -3.28. The van der Waals surface area contributed by atoms with Gasteiger partial charge in [0, 0.05) is 11.3 Å². The Bertz CT molecular complexity index is 1170. The van der Waals surface area contributed by atoms with Gasteiger partial charge in [-0.1, -0.05) is 24.3 Å². The van der Waals surface area contributed by atoms with Gasteiger partial charge < -0.3 is 10.1 Å². The van der Waals surface area contributed by atoms with Crippen LogP contribution >= 0.6 is 0 Å². The number of hydrogen-bond acceptors (Lipinski definition) is 4. The van der Waals surface area contributed by atoms with Gasteiger partial charge in [0.2, 0.25) is 0 Å². The second-order valence-corrected chi connectivity index (χ2v) is 7.58. The van der Waals surface area contributed by atoms with Gasteiger partial charge in [0.1, 0.15) is 5.75 Å². The van der Waals surface area contributed by atoms with Gasteiger partial charge in [-0.2, -0.15) is 43.9 Å². The van der Waals surface area contributed by atoms with Crippen molar-refractivity contribution in [2.45, 2.75) is 43.5 Å². The molecule has 5 nitrogen and oxygen atoms in total. The van der Waals surface area contributed by atoms with E-state index in [9.17, 15) is 61.9 Å². The molecule has 0 fully saturated rings. The lowest BCUT2D eigenvalue weighted by atomic mass is 10.1. The molecule has 1 N–H and O–H groups in total. The van der Waals surface area contributed by atoms with Crippen LogP contribution in [0.5, 0.6) is 5.75 Å². The molecule has 0 aromatic heterocycles. The summed E-state index contributed by atoms with van der Waals surface area (Å²) in [5.41, 5.74) is -1.88. The molecule has 0 aliphatic carbocycles. The van der Waals surface area contributed by atoms with Crippen LogP contribution in [0.2, 0.25) is 0 Å². The third-order valence-electron chi connectivity index (χ3n) is 4.47. The number of anilines is 1. The van der Waals surface area contributed by atoms with E-state index in [2.05, 4.69) is 0 Å². The Morgan fingerprint density at radius 2 is 1.31 bits per heavy atom. The molecule has 0 radical (unpaired) electrons. The molecule has 0 atom stereocenters. The molecule has 0 aliphatic heterocycles. The first-order valence-corrected chi connectivity index (χ1v) is 9.97. The highest BCUT2D eigenvalue weighted by Gasteiger charge is 2.80. The van der Waals surface area contributed by atoms with Crippen molar-refractivity contribution in [2.75, 3.05) is 11.9 Å². The minimum atomic E-state index is -7.53. The Balaban J connectivity index is 2.22. The molecular weight excluding hydrogens is 577 g/mol. The van der Waals surface area contributed by atoms with Crippen LogP contribution in [0.25, 0.3) is 0 Å². The summed E-state index contributed by atoms with van der Waals surface area (Å²) in [7, 11) is 0. The third kappa shape index (κ3) is 7.43. The molecule has 2 aromatic carbocycles. The van der Waals surface area contributed by atoms with Crippen molar-refractivity contribution < 1.29 is 76.1 Å². The summed E-state index contributed by atoms with van der Waals surface area (Å²) in [6.07, 6.45) is -28.0. The van der Waals surface area contributed by atoms with Crippen molar-refractivity contribution in [3.05, 3.63) is 59.7 Å². The van der Waals surface area contributed by atoms with E-state index in [1.54, 1.807) is 23.8 Å². The predicted octanol–water partition coefficient (Wildman–Crippen LogP) is 7.07. The number of amides is 1. The normalized spacial score (nSPS) is 13.8. The molecule has 18 heteroatoms. The molecule has 1 amide bonds. The van der Waals surface area contributed by atoms with Gasteiger partial charge in [-0.15, -0.1) is 13.2 Å². The highest BCUT2D eigenvalue weighted by atomic mass is 19.4. The van der Waals surface area contributed by atoms with E-state index in [0.717, 1.165) is 11.6 Å². The molecule has 2 rings (SSSR count). The van der Waals surface area contributed by atoms with Gasteiger partial charge in [-0.25, -0.2) is 9.47 Å². The Kier molecular flexibility index (Phi) is 8.77. The van der Waals surface area contributed by atoms with Crippen LogP contribution in [0.4, 0.5) is 62.8 Å². The highest BCUT2D eigenvalue weighted by Crippen LogP contribution is 2.54. The van der Waals surface area contributed by atoms with E-state index < -0.39 is 60.3 Å². The van der Waals surface area contributed by atoms with E-state index >= 15 is 0 Å². The fourth-order valence-electron chi connectivity index (χ4n) is 2.68. The summed E-state index contributed by atoms with van der Waals surface area (Å²) in [5.74, 6) is -14.3. The summed E-state index contributed by atoms with van der Waals surface area (Å²) in [4.78, 5) is 12.0. The van der Waals surface area contributed by atoms with Crippen LogP contribution in [-0.4, -0.2) is 43.1 Å². The summed E-state index contributed by atoms with van der Waals surface area (Å²) in [6, 6.07) is 7.86. The van der Waals surface area contributed by atoms with Crippen molar-refractivity contribution in [2.24, 2.45) is 0 Å². The number of carbonyl (C=O) groups is 1.